The van der Waals surface area contributed by atoms with Crippen molar-refractivity contribution in [2.75, 3.05) is 5.75 Å². The Morgan fingerprint density at radius 3 is 2.62 bits per heavy atom. The molecule has 7 nitrogen and oxygen atoms in total. The standard InChI is InChI=1S/C18H23N5O2S/c1-23-16(13-8-4-2-5-9-13)21-22-18(23)26-12-15(24)20-17(25)19-14-10-6-3-7-11-14/h2,4-5,8-9,14H,3,6-7,10-12H2,1H3,(H2,19,20,24,25). The zero-order valence-corrected chi connectivity index (χ0v) is 15.6. The van der Waals surface area contributed by atoms with E-state index in [4.69, 9.17) is 0 Å². The molecule has 1 aromatic heterocycles. The van der Waals surface area contributed by atoms with E-state index in [0.29, 0.717) is 5.16 Å². The van der Waals surface area contributed by atoms with E-state index in [1.54, 1.807) is 0 Å². The molecule has 1 saturated carbocycles. The Labute approximate surface area is 157 Å². The molecule has 1 aliphatic rings. The van der Waals surface area contributed by atoms with Crippen LogP contribution in [0.5, 0.6) is 0 Å². The maximum atomic E-state index is 12.0. The third kappa shape index (κ3) is 4.85. The topological polar surface area (TPSA) is 88.9 Å². The normalized spacial score (nSPS) is 14.8. The molecule has 0 bridgehead atoms. The van der Waals surface area contributed by atoms with Crippen LogP contribution in [-0.2, 0) is 11.8 Å². The van der Waals surface area contributed by atoms with E-state index < -0.39 is 6.03 Å². The summed E-state index contributed by atoms with van der Waals surface area (Å²) < 4.78 is 1.84. The summed E-state index contributed by atoms with van der Waals surface area (Å²) in [7, 11) is 1.86. The van der Waals surface area contributed by atoms with Gasteiger partial charge < -0.3 is 9.88 Å². The van der Waals surface area contributed by atoms with Crippen molar-refractivity contribution < 1.29 is 9.59 Å². The number of aromatic nitrogens is 3. The molecule has 0 radical (unpaired) electrons. The van der Waals surface area contributed by atoms with E-state index in [0.717, 1.165) is 37.1 Å². The molecule has 1 aliphatic carbocycles. The molecule has 0 atom stereocenters. The van der Waals surface area contributed by atoms with Crippen LogP contribution < -0.4 is 10.6 Å². The van der Waals surface area contributed by atoms with Gasteiger partial charge in [-0.15, -0.1) is 10.2 Å². The molecule has 1 fully saturated rings. The van der Waals surface area contributed by atoms with Gasteiger partial charge in [0.05, 0.1) is 5.75 Å². The highest BCUT2D eigenvalue weighted by Gasteiger charge is 2.18. The predicted molar refractivity (Wildman–Crippen MR) is 101 cm³/mol. The summed E-state index contributed by atoms with van der Waals surface area (Å²) in [6.45, 7) is 0. The van der Waals surface area contributed by atoms with E-state index in [-0.39, 0.29) is 17.7 Å². The molecular formula is C18H23N5O2S. The summed E-state index contributed by atoms with van der Waals surface area (Å²) in [5, 5.41) is 14.2. The van der Waals surface area contributed by atoms with Crippen molar-refractivity contribution in [3.8, 4) is 11.4 Å². The van der Waals surface area contributed by atoms with Crippen molar-refractivity contribution in [3.05, 3.63) is 30.3 Å². The van der Waals surface area contributed by atoms with E-state index in [1.165, 1.54) is 18.2 Å². The molecule has 3 amide bonds. The Balaban J connectivity index is 1.48. The molecule has 138 valence electrons. The quantitative estimate of drug-likeness (QED) is 0.787. The summed E-state index contributed by atoms with van der Waals surface area (Å²) in [5.74, 6) is 0.509. The molecule has 2 N–H and O–H groups in total. The van der Waals surface area contributed by atoms with Gasteiger partial charge in [-0.25, -0.2) is 4.79 Å². The minimum atomic E-state index is -0.412. The zero-order valence-electron chi connectivity index (χ0n) is 14.8. The van der Waals surface area contributed by atoms with Gasteiger partial charge in [-0.1, -0.05) is 61.4 Å². The molecule has 0 spiro atoms. The molecular weight excluding hydrogens is 350 g/mol. The largest absolute Gasteiger partial charge is 0.335 e. The fourth-order valence-corrected chi connectivity index (χ4v) is 3.75. The van der Waals surface area contributed by atoms with Gasteiger partial charge in [0.1, 0.15) is 0 Å². The monoisotopic (exact) mass is 373 g/mol. The molecule has 26 heavy (non-hydrogen) atoms. The Kier molecular flexibility index (Phi) is 6.27. The minimum Gasteiger partial charge on any atom is -0.335 e. The zero-order chi connectivity index (χ0) is 18.4. The number of nitrogens with one attached hydrogen (secondary N) is 2. The van der Waals surface area contributed by atoms with Crippen molar-refractivity contribution in [1.82, 2.24) is 25.4 Å². The predicted octanol–water partition coefficient (Wildman–Crippen LogP) is 2.73. The lowest BCUT2D eigenvalue weighted by Crippen LogP contribution is -2.45. The number of amides is 3. The summed E-state index contributed by atoms with van der Waals surface area (Å²) in [6.07, 6.45) is 5.45. The molecule has 3 rings (SSSR count). The summed E-state index contributed by atoms with van der Waals surface area (Å²) in [5.41, 5.74) is 0.964. The SMILES string of the molecule is Cn1c(SCC(=O)NC(=O)NC2CCCCC2)nnc1-c1ccccc1. The first-order valence-corrected chi connectivity index (χ1v) is 9.80. The van der Waals surface area contributed by atoms with Gasteiger partial charge in [-0.2, -0.15) is 0 Å². The number of hydrogen-bond acceptors (Lipinski definition) is 5. The third-order valence-corrected chi connectivity index (χ3v) is 5.41. The maximum absolute atomic E-state index is 12.0. The molecule has 8 heteroatoms. The Morgan fingerprint density at radius 2 is 1.88 bits per heavy atom. The number of imide groups is 1. The second kappa shape index (κ2) is 8.84. The lowest BCUT2D eigenvalue weighted by molar-refractivity contribution is -0.117. The van der Waals surface area contributed by atoms with Crippen molar-refractivity contribution in [1.29, 1.82) is 0 Å². The van der Waals surface area contributed by atoms with Crippen molar-refractivity contribution in [2.24, 2.45) is 7.05 Å². The van der Waals surface area contributed by atoms with Crippen LogP contribution in [0.4, 0.5) is 4.79 Å². The molecule has 0 unspecified atom stereocenters. The number of carbonyl (C=O) groups is 2. The van der Waals surface area contributed by atoms with Crippen LogP contribution >= 0.6 is 11.8 Å². The first kappa shape index (κ1) is 18.4. The number of thioether (sulfide) groups is 1. The van der Waals surface area contributed by atoms with Crippen LogP contribution in [0.1, 0.15) is 32.1 Å². The highest BCUT2D eigenvalue weighted by molar-refractivity contribution is 7.99. The Morgan fingerprint density at radius 1 is 1.15 bits per heavy atom. The van der Waals surface area contributed by atoms with Gasteiger partial charge >= 0.3 is 6.03 Å². The van der Waals surface area contributed by atoms with E-state index in [2.05, 4.69) is 20.8 Å². The van der Waals surface area contributed by atoms with Crippen molar-refractivity contribution in [2.45, 2.75) is 43.3 Å². The van der Waals surface area contributed by atoms with Gasteiger partial charge in [-0.3, -0.25) is 10.1 Å². The molecule has 0 aliphatic heterocycles. The van der Waals surface area contributed by atoms with Gasteiger partial charge in [0.25, 0.3) is 0 Å². The number of rotatable bonds is 5. The number of carbonyl (C=O) groups excluding carboxylic acids is 2. The number of nitrogens with zero attached hydrogens (tertiary/aromatic N) is 3. The first-order valence-electron chi connectivity index (χ1n) is 8.81. The fraction of sp³-hybridized carbons (Fsp3) is 0.444. The Hall–Kier alpha value is -2.35. The van der Waals surface area contributed by atoms with Crippen LogP contribution in [0, 0.1) is 0 Å². The fourth-order valence-electron chi connectivity index (χ4n) is 3.04. The number of urea groups is 1. The van der Waals surface area contributed by atoms with Gasteiger partial charge in [0, 0.05) is 18.7 Å². The highest BCUT2D eigenvalue weighted by Crippen LogP contribution is 2.22. The highest BCUT2D eigenvalue weighted by atomic mass is 32.2. The second-order valence-corrected chi connectivity index (χ2v) is 7.32. The lowest BCUT2D eigenvalue weighted by atomic mass is 9.96. The molecule has 2 aromatic rings. The van der Waals surface area contributed by atoms with Gasteiger partial charge in [-0.05, 0) is 12.8 Å². The van der Waals surface area contributed by atoms with Crippen molar-refractivity contribution in [3.63, 3.8) is 0 Å². The molecule has 0 saturated heterocycles. The van der Waals surface area contributed by atoms with Crippen LogP contribution in [-0.4, -0.2) is 38.5 Å². The summed E-state index contributed by atoms with van der Waals surface area (Å²) >= 11 is 1.26. The second-order valence-electron chi connectivity index (χ2n) is 6.38. The average molecular weight is 373 g/mol. The van der Waals surface area contributed by atoms with Gasteiger partial charge in [0.2, 0.25) is 5.91 Å². The van der Waals surface area contributed by atoms with Crippen LogP contribution in [0.2, 0.25) is 0 Å². The lowest BCUT2D eigenvalue weighted by Gasteiger charge is -2.22. The third-order valence-electron chi connectivity index (χ3n) is 4.39. The molecule has 1 aromatic carbocycles. The Bertz CT molecular complexity index is 756. The number of hydrogen-bond donors (Lipinski definition) is 2. The maximum Gasteiger partial charge on any atom is 0.321 e. The van der Waals surface area contributed by atoms with Crippen LogP contribution in [0.3, 0.4) is 0 Å². The summed E-state index contributed by atoms with van der Waals surface area (Å²) in [4.78, 5) is 23.9. The summed E-state index contributed by atoms with van der Waals surface area (Å²) in [6, 6.07) is 9.51. The van der Waals surface area contributed by atoms with Gasteiger partial charge in [0.15, 0.2) is 11.0 Å². The van der Waals surface area contributed by atoms with Crippen LogP contribution in [0.15, 0.2) is 35.5 Å². The molecule has 1 heterocycles. The minimum absolute atomic E-state index is 0.110. The first-order chi connectivity index (χ1) is 12.6. The smallest absolute Gasteiger partial charge is 0.321 e. The van der Waals surface area contributed by atoms with E-state index in [9.17, 15) is 9.59 Å². The van der Waals surface area contributed by atoms with Crippen molar-refractivity contribution >= 4 is 23.7 Å². The van der Waals surface area contributed by atoms with E-state index >= 15 is 0 Å². The van der Waals surface area contributed by atoms with E-state index in [1.807, 2.05) is 41.9 Å². The number of benzene rings is 1. The average Bonchev–Trinajstić information content (AvgIpc) is 3.02. The van der Waals surface area contributed by atoms with Crippen LogP contribution in [0.25, 0.3) is 11.4 Å².